The van der Waals surface area contributed by atoms with Crippen molar-refractivity contribution in [1.82, 2.24) is 0 Å². The van der Waals surface area contributed by atoms with Gasteiger partial charge in [0.1, 0.15) is 0 Å². The number of hydrogen-bond acceptors (Lipinski definition) is 2. The van der Waals surface area contributed by atoms with Gasteiger partial charge < -0.3 is 10.8 Å². The summed E-state index contributed by atoms with van der Waals surface area (Å²) in [5.41, 5.74) is 5.72. The fourth-order valence-electron chi connectivity index (χ4n) is 1.63. The molecule has 0 aromatic carbocycles. The first-order chi connectivity index (χ1) is 4.70. The molecular formula is C8H17NO. The quantitative estimate of drug-likeness (QED) is 0.572. The summed E-state index contributed by atoms with van der Waals surface area (Å²) in [6.45, 7) is 1.88. The molecule has 2 nitrogen and oxygen atoms in total. The molecule has 1 aliphatic rings. The van der Waals surface area contributed by atoms with Crippen molar-refractivity contribution < 1.29 is 5.11 Å². The third-order valence-corrected chi connectivity index (χ3v) is 2.50. The minimum atomic E-state index is -0.132. The van der Waals surface area contributed by atoms with E-state index in [-0.39, 0.29) is 6.10 Å². The highest BCUT2D eigenvalue weighted by atomic mass is 16.3. The summed E-state index contributed by atoms with van der Waals surface area (Å²) in [5, 5.41) is 9.22. The molecule has 10 heavy (non-hydrogen) atoms. The first-order valence-corrected chi connectivity index (χ1v) is 4.14. The van der Waals surface area contributed by atoms with Crippen molar-refractivity contribution in [3.63, 3.8) is 0 Å². The van der Waals surface area contributed by atoms with Crippen molar-refractivity contribution in [3.8, 4) is 0 Å². The molecule has 0 amide bonds. The molecule has 1 aliphatic carbocycles. The molecule has 0 unspecified atom stereocenters. The van der Waals surface area contributed by atoms with Crippen LogP contribution in [0.2, 0.25) is 0 Å². The minimum Gasteiger partial charge on any atom is -0.393 e. The molecule has 1 saturated carbocycles. The van der Waals surface area contributed by atoms with Gasteiger partial charge in [0.05, 0.1) is 6.10 Å². The maximum Gasteiger partial charge on any atom is 0.0540 e. The number of aliphatic hydroxyl groups is 1. The maximum atomic E-state index is 9.22. The largest absolute Gasteiger partial charge is 0.393 e. The van der Waals surface area contributed by atoms with E-state index in [0.29, 0.717) is 12.0 Å². The van der Waals surface area contributed by atoms with E-state index in [4.69, 9.17) is 5.73 Å². The van der Waals surface area contributed by atoms with Crippen molar-refractivity contribution in [3.05, 3.63) is 0 Å². The lowest BCUT2D eigenvalue weighted by atomic mass is 9.84. The standard InChI is InChI=1S/C8H17NO/c1-6(10)7-2-4-8(9)5-3-7/h6-8,10H,2-5,9H2,1H3/t6-,7?,8?/m1/s1. The van der Waals surface area contributed by atoms with Gasteiger partial charge in [0, 0.05) is 6.04 Å². The van der Waals surface area contributed by atoms with Gasteiger partial charge in [-0.15, -0.1) is 0 Å². The monoisotopic (exact) mass is 143 g/mol. The van der Waals surface area contributed by atoms with Crippen molar-refractivity contribution in [2.24, 2.45) is 11.7 Å². The Hall–Kier alpha value is -0.0800. The van der Waals surface area contributed by atoms with E-state index >= 15 is 0 Å². The van der Waals surface area contributed by atoms with Crippen molar-refractivity contribution in [2.75, 3.05) is 0 Å². The zero-order valence-electron chi connectivity index (χ0n) is 6.59. The van der Waals surface area contributed by atoms with Crippen LogP contribution < -0.4 is 5.73 Å². The average molecular weight is 143 g/mol. The summed E-state index contributed by atoms with van der Waals surface area (Å²) in [6.07, 6.45) is 4.27. The Morgan fingerprint density at radius 2 is 1.80 bits per heavy atom. The molecule has 3 N–H and O–H groups in total. The molecule has 0 aromatic rings. The molecule has 0 aliphatic heterocycles. The van der Waals surface area contributed by atoms with Gasteiger partial charge in [0.25, 0.3) is 0 Å². The molecule has 1 fully saturated rings. The average Bonchev–Trinajstić information content (AvgIpc) is 1.88. The highest BCUT2D eigenvalue weighted by molar-refractivity contribution is 4.76. The lowest BCUT2D eigenvalue weighted by molar-refractivity contribution is 0.0972. The highest BCUT2D eigenvalue weighted by Crippen LogP contribution is 2.25. The van der Waals surface area contributed by atoms with Gasteiger partial charge >= 0.3 is 0 Å². The molecular weight excluding hydrogens is 126 g/mol. The molecule has 1 rings (SSSR count). The van der Waals surface area contributed by atoms with E-state index in [0.717, 1.165) is 25.7 Å². The summed E-state index contributed by atoms with van der Waals surface area (Å²) in [7, 11) is 0. The van der Waals surface area contributed by atoms with Crippen LogP contribution in [0, 0.1) is 5.92 Å². The van der Waals surface area contributed by atoms with Crippen molar-refractivity contribution >= 4 is 0 Å². The van der Waals surface area contributed by atoms with E-state index in [2.05, 4.69) is 0 Å². The Morgan fingerprint density at radius 1 is 1.30 bits per heavy atom. The molecule has 2 heteroatoms. The number of rotatable bonds is 1. The molecule has 0 aromatic heterocycles. The number of hydrogen-bond donors (Lipinski definition) is 2. The fourth-order valence-corrected chi connectivity index (χ4v) is 1.63. The van der Waals surface area contributed by atoms with E-state index in [1.165, 1.54) is 0 Å². The Morgan fingerprint density at radius 3 is 2.20 bits per heavy atom. The summed E-state index contributed by atoms with van der Waals surface area (Å²) < 4.78 is 0. The van der Waals surface area contributed by atoms with Gasteiger partial charge in [-0.05, 0) is 38.5 Å². The first kappa shape index (κ1) is 8.02. The topological polar surface area (TPSA) is 46.2 Å². The third kappa shape index (κ3) is 1.96. The lowest BCUT2D eigenvalue weighted by Gasteiger charge is -2.27. The molecule has 0 radical (unpaired) electrons. The van der Waals surface area contributed by atoms with Crippen LogP contribution in [0.3, 0.4) is 0 Å². The second-order valence-corrected chi connectivity index (χ2v) is 3.42. The Bertz CT molecular complexity index is 95.4. The van der Waals surface area contributed by atoms with Gasteiger partial charge in [-0.3, -0.25) is 0 Å². The van der Waals surface area contributed by atoms with Gasteiger partial charge in [-0.1, -0.05) is 0 Å². The van der Waals surface area contributed by atoms with Crippen molar-refractivity contribution in [1.29, 1.82) is 0 Å². The van der Waals surface area contributed by atoms with E-state index in [1.807, 2.05) is 6.92 Å². The first-order valence-electron chi connectivity index (χ1n) is 4.14. The molecule has 60 valence electrons. The Kier molecular flexibility index (Phi) is 2.69. The van der Waals surface area contributed by atoms with Crippen LogP contribution >= 0.6 is 0 Å². The third-order valence-electron chi connectivity index (χ3n) is 2.50. The van der Waals surface area contributed by atoms with Crippen LogP contribution in [0.5, 0.6) is 0 Å². The summed E-state index contributed by atoms with van der Waals surface area (Å²) in [5.74, 6) is 0.514. The molecule has 1 atom stereocenters. The molecule has 0 heterocycles. The Labute approximate surface area is 62.4 Å². The minimum absolute atomic E-state index is 0.132. The second kappa shape index (κ2) is 3.35. The fraction of sp³-hybridized carbons (Fsp3) is 1.00. The molecule has 0 spiro atoms. The number of nitrogens with two attached hydrogens (primary N) is 1. The second-order valence-electron chi connectivity index (χ2n) is 3.42. The van der Waals surface area contributed by atoms with Crippen LogP contribution in [0.1, 0.15) is 32.6 Å². The summed E-state index contributed by atoms with van der Waals surface area (Å²) in [6, 6.07) is 0.398. The van der Waals surface area contributed by atoms with Crippen LogP contribution in [0.15, 0.2) is 0 Å². The Balaban J connectivity index is 2.26. The van der Waals surface area contributed by atoms with E-state index in [9.17, 15) is 5.11 Å². The predicted octanol–water partition coefficient (Wildman–Crippen LogP) is 0.885. The lowest BCUT2D eigenvalue weighted by Crippen LogP contribution is -2.30. The van der Waals surface area contributed by atoms with Crippen LogP contribution in [-0.2, 0) is 0 Å². The van der Waals surface area contributed by atoms with Gasteiger partial charge in [0.15, 0.2) is 0 Å². The zero-order valence-corrected chi connectivity index (χ0v) is 6.59. The summed E-state index contributed by atoms with van der Waals surface area (Å²) >= 11 is 0. The zero-order chi connectivity index (χ0) is 7.56. The maximum absolute atomic E-state index is 9.22. The highest BCUT2D eigenvalue weighted by Gasteiger charge is 2.21. The van der Waals surface area contributed by atoms with E-state index < -0.39 is 0 Å². The van der Waals surface area contributed by atoms with E-state index in [1.54, 1.807) is 0 Å². The number of aliphatic hydroxyl groups excluding tert-OH is 1. The SMILES string of the molecule is C[C@@H](O)C1CCC(N)CC1. The summed E-state index contributed by atoms with van der Waals surface area (Å²) in [4.78, 5) is 0. The van der Waals surface area contributed by atoms with Gasteiger partial charge in [-0.25, -0.2) is 0 Å². The predicted molar refractivity (Wildman–Crippen MR) is 41.6 cm³/mol. The van der Waals surface area contributed by atoms with Gasteiger partial charge in [-0.2, -0.15) is 0 Å². The smallest absolute Gasteiger partial charge is 0.0540 e. The normalized spacial score (nSPS) is 37.5. The van der Waals surface area contributed by atoms with Crippen LogP contribution in [0.25, 0.3) is 0 Å². The molecule has 0 saturated heterocycles. The van der Waals surface area contributed by atoms with Crippen LogP contribution in [-0.4, -0.2) is 17.3 Å². The van der Waals surface area contributed by atoms with Crippen LogP contribution in [0.4, 0.5) is 0 Å². The van der Waals surface area contributed by atoms with Crippen molar-refractivity contribution in [2.45, 2.75) is 44.8 Å². The van der Waals surface area contributed by atoms with Gasteiger partial charge in [0.2, 0.25) is 0 Å². The molecule has 0 bridgehead atoms.